The Morgan fingerprint density at radius 1 is 1.29 bits per heavy atom. The van der Waals surface area contributed by atoms with Gasteiger partial charge in [0.2, 0.25) is 0 Å². The van der Waals surface area contributed by atoms with Gasteiger partial charge in [0, 0.05) is 12.0 Å². The van der Waals surface area contributed by atoms with Crippen LogP contribution in [0.5, 0.6) is 5.75 Å². The smallest absolute Gasteiger partial charge is 0.311 e. The zero-order valence-corrected chi connectivity index (χ0v) is 9.94. The lowest BCUT2D eigenvalue weighted by atomic mass is 10.1. The Bertz CT molecular complexity index is 404. The van der Waals surface area contributed by atoms with Crippen LogP contribution in [0, 0.1) is 0 Å². The molecule has 0 aliphatic carbocycles. The van der Waals surface area contributed by atoms with E-state index in [1.165, 1.54) is 6.08 Å². The van der Waals surface area contributed by atoms with E-state index in [1.807, 2.05) is 6.92 Å². The SMILES string of the molecule is C=CC(=O)c1ccc(OC(=O)CCCC)cc1. The van der Waals surface area contributed by atoms with Crippen LogP contribution in [0.3, 0.4) is 0 Å². The minimum Gasteiger partial charge on any atom is -0.427 e. The number of esters is 1. The van der Waals surface area contributed by atoms with Gasteiger partial charge in [0.1, 0.15) is 5.75 Å². The van der Waals surface area contributed by atoms with Crippen molar-refractivity contribution < 1.29 is 14.3 Å². The summed E-state index contributed by atoms with van der Waals surface area (Å²) in [6, 6.07) is 6.46. The number of rotatable bonds is 6. The Morgan fingerprint density at radius 3 is 2.47 bits per heavy atom. The lowest BCUT2D eigenvalue weighted by Crippen LogP contribution is -2.07. The van der Waals surface area contributed by atoms with Crippen LogP contribution in [0.2, 0.25) is 0 Å². The number of ketones is 1. The number of unbranched alkanes of at least 4 members (excludes halogenated alkanes) is 1. The Hall–Kier alpha value is -1.90. The van der Waals surface area contributed by atoms with Crippen LogP contribution in [0.4, 0.5) is 0 Å². The van der Waals surface area contributed by atoms with Gasteiger partial charge in [0.15, 0.2) is 5.78 Å². The average molecular weight is 232 g/mol. The lowest BCUT2D eigenvalue weighted by molar-refractivity contribution is -0.134. The van der Waals surface area contributed by atoms with Crippen molar-refractivity contribution in [3.63, 3.8) is 0 Å². The highest BCUT2D eigenvalue weighted by molar-refractivity contribution is 6.04. The van der Waals surface area contributed by atoms with Gasteiger partial charge in [-0.2, -0.15) is 0 Å². The molecule has 0 aromatic heterocycles. The topological polar surface area (TPSA) is 43.4 Å². The minimum absolute atomic E-state index is 0.145. The Morgan fingerprint density at radius 2 is 1.94 bits per heavy atom. The molecule has 0 unspecified atom stereocenters. The molecule has 17 heavy (non-hydrogen) atoms. The van der Waals surface area contributed by atoms with Crippen LogP contribution in [0.1, 0.15) is 36.5 Å². The fraction of sp³-hybridized carbons (Fsp3) is 0.286. The second kappa shape index (κ2) is 6.63. The third kappa shape index (κ3) is 4.23. The van der Waals surface area contributed by atoms with Crippen molar-refractivity contribution in [2.45, 2.75) is 26.2 Å². The van der Waals surface area contributed by atoms with Crippen molar-refractivity contribution in [2.75, 3.05) is 0 Å². The number of ether oxygens (including phenoxy) is 1. The molecule has 1 aromatic rings. The summed E-state index contributed by atoms with van der Waals surface area (Å²) in [5.41, 5.74) is 0.536. The quantitative estimate of drug-likeness (QED) is 0.327. The van der Waals surface area contributed by atoms with Crippen LogP contribution in [0.25, 0.3) is 0 Å². The average Bonchev–Trinajstić information content (AvgIpc) is 2.36. The molecule has 3 nitrogen and oxygen atoms in total. The van der Waals surface area contributed by atoms with Gasteiger partial charge in [-0.15, -0.1) is 0 Å². The van der Waals surface area contributed by atoms with Crippen molar-refractivity contribution in [1.29, 1.82) is 0 Å². The van der Waals surface area contributed by atoms with E-state index in [-0.39, 0.29) is 11.8 Å². The van der Waals surface area contributed by atoms with E-state index in [1.54, 1.807) is 24.3 Å². The molecule has 90 valence electrons. The molecule has 0 bridgehead atoms. The number of benzene rings is 1. The van der Waals surface area contributed by atoms with Crippen LogP contribution in [0.15, 0.2) is 36.9 Å². The second-order valence-electron chi connectivity index (χ2n) is 3.67. The largest absolute Gasteiger partial charge is 0.427 e. The zero-order valence-electron chi connectivity index (χ0n) is 9.94. The van der Waals surface area contributed by atoms with E-state index in [4.69, 9.17) is 4.74 Å². The van der Waals surface area contributed by atoms with E-state index in [9.17, 15) is 9.59 Å². The molecule has 0 aliphatic heterocycles. The van der Waals surface area contributed by atoms with Crippen LogP contribution in [-0.4, -0.2) is 11.8 Å². The highest BCUT2D eigenvalue weighted by atomic mass is 16.5. The second-order valence-corrected chi connectivity index (χ2v) is 3.67. The number of carbonyl (C=O) groups excluding carboxylic acids is 2. The molecular weight excluding hydrogens is 216 g/mol. The molecule has 0 atom stereocenters. The summed E-state index contributed by atoms with van der Waals surface area (Å²) in [6.45, 7) is 5.42. The first-order valence-corrected chi connectivity index (χ1v) is 5.65. The van der Waals surface area contributed by atoms with Crippen molar-refractivity contribution in [3.8, 4) is 5.75 Å². The summed E-state index contributed by atoms with van der Waals surface area (Å²) in [5, 5.41) is 0. The Labute approximate surface area is 101 Å². The van der Waals surface area contributed by atoms with Crippen LogP contribution in [-0.2, 0) is 4.79 Å². The van der Waals surface area contributed by atoms with Gasteiger partial charge >= 0.3 is 5.97 Å². The molecule has 0 fully saturated rings. The molecule has 0 amide bonds. The predicted octanol–water partition coefficient (Wildman–Crippen LogP) is 3.15. The normalized spacial score (nSPS) is 9.71. The molecule has 0 saturated carbocycles. The van der Waals surface area contributed by atoms with Crippen molar-refractivity contribution >= 4 is 11.8 Å². The van der Waals surface area contributed by atoms with E-state index in [0.29, 0.717) is 17.7 Å². The fourth-order valence-corrected chi connectivity index (χ4v) is 1.31. The molecule has 3 heteroatoms. The zero-order chi connectivity index (χ0) is 12.7. The van der Waals surface area contributed by atoms with Gasteiger partial charge in [-0.1, -0.05) is 19.9 Å². The van der Waals surface area contributed by atoms with Crippen LogP contribution < -0.4 is 4.74 Å². The third-order valence-corrected chi connectivity index (χ3v) is 2.29. The molecule has 0 heterocycles. The molecule has 1 rings (SSSR count). The molecule has 0 radical (unpaired) electrons. The summed E-state index contributed by atoms with van der Waals surface area (Å²) >= 11 is 0. The Balaban J connectivity index is 2.59. The highest BCUT2D eigenvalue weighted by Gasteiger charge is 2.05. The first-order chi connectivity index (χ1) is 8.17. The first-order valence-electron chi connectivity index (χ1n) is 5.65. The maximum atomic E-state index is 11.3. The summed E-state index contributed by atoms with van der Waals surface area (Å²) in [5.74, 6) is 0.0789. The van der Waals surface area contributed by atoms with E-state index < -0.39 is 0 Å². The summed E-state index contributed by atoms with van der Waals surface area (Å²) in [7, 11) is 0. The summed E-state index contributed by atoms with van der Waals surface area (Å²) < 4.78 is 5.11. The lowest BCUT2D eigenvalue weighted by Gasteiger charge is -2.04. The molecule has 0 N–H and O–H groups in total. The minimum atomic E-state index is -0.241. The number of hydrogen-bond acceptors (Lipinski definition) is 3. The van der Waals surface area contributed by atoms with Gasteiger partial charge < -0.3 is 4.74 Å². The van der Waals surface area contributed by atoms with Crippen molar-refractivity contribution in [2.24, 2.45) is 0 Å². The van der Waals surface area contributed by atoms with E-state index in [2.05, 4.69) is 6.58 Å². The monoisotopic (exact) mass is 232 g/mol. The van der Waals surface area contributed by atoms with E-state index in [0.717, 1.165) is 12.8 Å². The molecule has 0 spiro atoms. The van der Waals surface area contributed by atoms with Crippen molar-refractivity contribution in [1.82, 2.24) is 0 Å². The third-order valence-electron chi connectivity index (χ3n) is 2.29. The summed E-state index contributed by atoms with van der Waals surface area (Å²) in [4.78, 5) is 22.6. The van der Waals surface area contributed by atoms with Crippen molar-refractivity contribution in [3.05, 3.63) is 42.5 Å². The van der Waals surface area contributed by atoms with Gasteiger partial charge in [-0.3, -0.25) is 9.59 Å². The maximum Gasteiger partial charge on any atom is 0.311 e. The fourth-order valence-electron chi connectivity index (χ4n) is 1.31. The molecular formula is C14H16O3. The number of carbonyl (C=O) groups is 2. The summed E-state index contributed by atoms with van der Waals surface area (Å²) in [6.07, 6.45) is 3.46. The Kier molecular flexibility index (Phi) is 5.14. The molecule has 0 saturated heterocycles. The number of allylic oxidation sites excluding steroid dienone is 1. The van der Waals surface area contributed by atoms with Gasteiger partial charge in [0.05, 0.1) is 0 Å². The molecule has 0 aliphatic rings. The first kappa shape index (κ1) is 13.2. The van der Waals surface area contributed by atoms with Gasteiger partial charge in [-0.25, -0.2) is 0 Å². The van der Waals surface area contributed by atoms with Gasteiger partial charge in [-0.05, 0) is 36.8 Å². The predicted molar refractivity (Wildman–Crippen MR) is 66.1 cm³/mol. The number of hydrogen-bond donors (Lipinski definition) is 0. The van der Waals surface area contributed by atoms with E-state index >= 15 is 0 Å². The van der Waals surface area contributed by atoms with Crippen LogP contribution >= 0.6 is 0 Å². The standard InChI is InChI=1S/C14H16O3/c1-3-5-6-14(16)17-12-9-7-11(8-10-12)13(15)4-2/h4,7-10H,2-3,5-6H2,1H3. The highest BCUT2D eigenvalue weighted by Crippen LogP contribution is 2.14. The maximum absolute atomic E-state index is 11.3. The molecule has 1 aromatic carbocycles. The van der Waals surface area contributed by atoms with Gasteiger partial charge in [0.25, 0.3) is 0 Å².